The normalized spacial score (nSPS) is 12.3. The van der Waals surface area contributed by atoms with E-state index in [0.29, 0.717) is 5.56 Å². The van der Waals surface area contributed by atoms with Crippen molar-refractivity contribution < 1.29 is 29.6 Å². The van der Waals surface area contributed by atoms with E-state index in [1.807, 2.05) is 0 Å². The summed E-state index contributed by atoms with van der Waals surface area (Å²) in [7, 11) is 0. The maximum absolute atomic E-state index is 11.9. The minimum Gasteiger partial charge on any atom is -0.508 e. The van der Waals surface area contributed by atoms with Crippen molar-refractivity contribution in [3.05, 3.63) is 39.9 Å². The van der Waals surface area contributed by atoms with Crippen molar-refractivity contribution in [3.63, 3.8) is 0 Å². The molecule has 0 radical (unpaired) electrons. The number of carboxylic acid groups (broad SMARTS) is 1. The number of ether oxygens (including phenoxy) is 1. The zero-order chi connectivity index (χ0) is 17.8. The highest BCUT2D eigenvalue weighted by Crippen LogP contribution is 2.17. The highest BCUT2D eigenvalue weighted by molar-refractivity contribution is 5.79. The number of hydrazine groups is 1. The minimum absolute atomic E-state index is 0.0288. The van der Waals surface area contributed by atoms with Crippen LogP contribution in [0.4, 0.5) is 4.79 Å². The molecule has 0 saturated heterocycles. The van der Waals surface area contributed by atoms with Gasteiger partial charge in [-0.2, -0.15) is 0 Å². The predicted molar refractivity (Wildman–Crippen MR) is 78.3 cm³/mol. The van der Waals surface area contributed by atoms with Crippen LogP contribution in [0.1, 0.15) is 26.3 Å². The maximum atomic E-state index is 11.9. The van der Waals surface area contributed by atoms with E-state index in [0.717, 1.165) is 0 Å². The van der Waals surface area contributed by atoms with Gasteiger partial charge < -0.3 is 14.9 Å². The molecule has 0 aliphatic heterocycles. The second kappa shape index (κ2) is 6.95. The fourth-order valence-electron chi connectivity index (χ4n) is 1.75. The number of nitrogens with zero attached hydrogens (tertiary/aromatic N) is 2. The van der Waals surface area contributed by atoms with Crippen molar-refractivity contribution in [1.82, 2.24) is 5.01 Å². The van der Waals surface area contributed by atoms with Crippen molar-refractivity contribution in [1.29, 1.82) is 0 Å². The van der Waals surface area contributed by atoms with Crippen LogP contribution in [0, 0.1) is 10.1 Å². The molecule has 9 nitrogen and oxygen atoms in total. The van der Waals surface area contributed by atoms with E-state index in [4.69, 9.17) is 4.74 Å². The molecule has 0 bridgehead atoms. The molecule has 0 fully saturated rings. The molecule has 0 aliphatic carbocycles. The molecule has 1 aromatic carbocycles. The number of amides is 1. The van der Waals surface area contributed by atoms with Gasteiger partial charge in [-0.15, -0.1) is 0 Å². The van der Waals surface area contributed by atoms with Crippen molar-refractivity contribution >= 4 is 12.1 Å². The number of rotatable bonds is 5. The standard InChI is InChI=1S/C14H18N2O7/c1-14(2,3)23-13(20)15(16(21)22)11(12(18)19)8-9-4-6-10(17)7-5-9/h4-7,11,17H,8H2,1-3H3,(H,18,19)/t11-/m0/s1. The first-order valence-electron chi connectivity index (χ1n) is 6.68. The SMILES string of the molecule is CC(C)(C)OC(=O)N([C@@H](Cc1ccc(O)cc1)C(=O)O)[N+](=O)[O-]. The first-order chi connectivity index (χ1) is 10.5. The maximum Gasteiger partial charge on any atom is 0.469 e. The third-order valence-electron chi connectivity index (χ3n) is 2.70. The Bertz CT molecular complexity index is 592. The second-order valence-electron chi connectivity index (χ2n) is 5.79. The molecule has 0 saturated carbocycles. The van der Waals surface area contributed by atoms with Crippen molar-refractivity contribution in [3.8, 4) is 5.75 Å². The van der Waals surface area contributed by atoms with E-state index in [2.05, 4.69) is 0 Å². The highest BCUT2D eigenvalue weighted by Gasteiger charge is 2.41. The molecule has 1 amide bonds. The van der Waals surface area contributed by atoms with Crippen LogP contribution in [-0.2, 0) is 16.0 Å². The Hall–Kier alpha value is -2.84. The number of phenolic OH excluding ortho intramolecular Hbond substituents is 1. The zero-order valence-corrected chi connectivity index (χ0v) is 12.9. The van der Waals surface area contributed by atoms with E-state index >= 15 is 0 Å². The Labute approximate surface area is 132 Å². The molecular formula is C14H18N2O7. The average Bonchev–Trinajstić information content (AvgIpc) is 2.37. The van der Waals surface area contributed by atoms with Gasteiger partial charge in [0.1, 0.15) is 11.4 Å². The quantitative estimate of drug-likeness (QED) is 0.623. The van der Waals surface area contributed by atoms with Crippen molar-refractivity contribution in [2.75, 3.05) is 0 Å². The molecule has 0 unspecified atom stereocenters. The van der Waals surface area contributed by atoms with Crippen LogP contribution in [0.15, 0.2) is 24.3 Å². The first-order valence-corrected chi connectivity index (χ1v) is 6.68. The van der Waals surface area contributed by atoms with E-state index in [1.165, 1.54) is 45.0 Å². The van der Waals surface area contributed by atoms with Crippen LogP contribution < -0.4 is 0 Å². The van der Waals surface area contributed by atoms with E-state index in [1.54, 1.807) is 0 Å². The van der Waals surface area contributed by atoms with Crippen LogP contribution >= 0.6 is 0 Å². The third kappa shape index (κ3) is 5.46. The molecule has 1 rings (SSSR count). The van der Waals surface area contributed by atoms with Gasteiger partial charge >= 0.3 is 12.1 Å². The summed E-state index contributed by atoms with van der Waals surface area (Å²) in [5.41, 5.74) is -0.599. The molecule has 126 valence electrons. The Kier molecular flexibility index (Phi) is 5.50. The number of benzene rings is 1. The van der Waals surface area contributed by atoms with Gasteiger partial charge in [0.15, 0.2) is 5.03 Å². The Morgan fingerprint density at radius 2 is 1.83 bits per heavy atom. The van der Waals surface area contributed by atoms with E-state index in [-0.39, 0.29) is 17.2 Å². The van der Waals surface area contributed by atoms with Gasteiger partial charge in [-0.3, -0.25) is 0 Å². The molecule has 9 heteroatoms. The lowest BCUT2D eigenvalue weighted by Crippen LogP contribution is -2.51. The summed E-state index contributed by atoms with van der Waals surface area (Å²) in [6, 6.07) is 3.72. The molecule has 2 N–H and O–H groups in total. The predicted octanol–water partition coefficient (Wildman–Crippen LogP) is 1.82. The molecule has 23 heavy (non-hydrogen) atoms. The number of carbonyl (C=O) groups excluding carboxylic acids is 1. The topological polar surface area (TPSA) is 130 Å². The summed E-state index contributed by atoms with van der Waals surface area (Å²) in [4.78, 5) is 34.5. The Balaban J connectivity index is 3.07. The van der Waals surface area contributed by atoms with Gasteiger partial charge in [0.2, 0.25) is 6.04 Å². The lowest BCUT2D eigenvalue weighted by atomic mass is 10.1. The van der Waals surface area contributed by atoms with Crippen molar-refractivity contribution in [2.45, 2.75) is 38.8 Å². The van der Waals surface area contributed by atoms with Gasteiger partial charge in [-0.1, -0.05) is 12.1 Å². The monoisotopic (exact) mass is 326 g/mol. The number of carbonyl (C=O) groups is 2. The van der Waals surface area contributed by atoms with Crippen LogP contribution in [0.2, 0.25) is 0 Å². The number of aliphatic carboxylic acids is 1. The largest absolute Gasteiger partial charge is 0.508 e. The van der Waals surface area contributed by atoms with Crippen LogP contribution in [-0.4, -0.2) is 44.0 Å². The summed E-state index contributed by atoms with van der Waals surface area (Å²) in [6.45, 7) is 4.54. The fraction of sp³-hybridized carbons (Fsp3) is 0.429. The molecule has 1 atom stereocenters. The number of hydrogen-bond acceptors (Lipinski definition) is 6. The summed E-state index contributed by atoms with van der Waals surface area (Å²) in [5, 5.41) is 28.5. The third-order valence-corrected chi connectivity index (χ3v) is 2.70. The van der Waals surface area contributed by atoms with Gasteiger partial charge in [-0.05, 0) is 43.5 Å². The van der Waals surface area contributed by atoms with Gasteiger partial charge in [0.05, 0.1) is 0 Å². The summed E-state index contributed by atoms with van der Waals surface area (Å²) in [5.74, 6) is -1.57. The number of nitro groups is 1. The molecule has 0 heterocycles. The average molecular weight is 326 g/mol. The second-order valence-corrected chi connectivity index (χ2v) is 5.79. The van der Waals surface area contributed by atoms with Crippen LogP contribution in [0.5, 0.6) is 5.75 Å². The van der Waals surface area contributed by atoms with Gasteiger partial charge in [0.25, 0.3) is 0 Å². The van der Waals surface area contributed by atoms with Gasteiger partial charge in [-0.25, -0.2) is 19.7 Å². The number of phenols is 1. The summed E-state index contributed by atoms with van der Waals surface area (Å²) >= 11 is 0. The zero-order valence-electron chi connectivity index (χ0n) is 12.9. The van der Waals surface area contributed by atoms with E-state index in [9.17, 15) is 29.9 Å². The highest BCUT2D eigenvalue weighted by atomic mass is 16.7. The minimum atomic E-state index is -1.75. The Morgan fingerprint density at radius 1 is 1.30 bits per heavy atom. The molecular weight excluding hydrogens is 308 g/mol. The molecule has 1 aromatic rings. The smallest absolute Gasteiger partial charge is 0.469 e. The van der Waals surface area contributed by atoms with Crippen LogP contribution in [0.3, 0.4) is 0 Å². The summed E-state index contributed by atoms with van der Waals surface area (Å²) in [6.07, 6.45) is -1.66. The molecule has 0 aliphatic rings. The lowest BCUT2D eigenvalue weighted by Gasteiger charge is -2.24. The molecule has 0 aromatic heterocycles. The lowest BCUT2D eigenvalue weighted by molar-refractivity contribution is -0.641. The van der Waals surface area contributed by atoms with Crippen LogP contribution in [0.25, 0.3) is 0 Å². The van der Waals surface area contributed by atoms with Crippen molar-refractivity contribution in [2.24, 2.45) is 0 Å². The number of carboxylic acids is 1. The van der Waals surface area contributed by atoms with Gasteiger partial charge in [0, 0.05) is 6.42 Å². The fourth-order valence-corrected chi connectivity index (χ4v) is 1.75. The summed E-state index contributed by atoms with van der Waals surface area (Å²) < 4.78 is 4.89. The van der Waals surface area contributed by atoms with E-state index < -0.39 is 28.7 Å². The number of hydrogen-bond donors (Lipinski definition) is 2. The first kappa shape index (κ1) is 18.2. The Morgan fingerprint density at radius 3 is 2.22 bits per heavy atom. The number of aromatic hydroxyl groups is 1. The molecule has 0 spiro atoms.